The lowest BCUT2D eigenvalue weighted by molar-refractivity contribution is -0.344. The van der Waals surface area contributed by atoms with E-state index in [0.717, 1.165) is 6.92 Å². The second-order valence-corrected chi connectivity index (χ2v) is 7.42. The summed E-state index contributed by atoms with van der Waals surface area (Å²) in [6, 6.07) is 0. The fourth-order valence-electron chi connectivity index (χ4n) is 1.47. The van der Waals surface area contributed by atoms with Crippen LogP contribution in [-0.2, 0) is 9.05 Å². The Morgan fingerprint density at radius 1 is 0.581 bits per heavy atom. The van der Waals surface area contributed by atoms with Crippen molar-refractivity contribution in [1.82, 2.24) is 0 Å². The highest BCUT2D eigenvalue weighted by atomic mass is 31.2. The minimum Gasteiger partial charge on any atom is -0.327 e. The first-order valence-corrected chi connectivity index (χ1v) is 8.75. The van der Waals surface area contributed by atoms with Crippen molar-refractivity contribution in [3.05, 3.63) is 0 Å². The predicted molar refractivity (Wildman–Crippen MR) is 71.1 cm³/mol. The maximum atomic E-state index is 13.3. The molecule has 0 heterocycles. The topological polar surface area (TPSA) is 18.5 Å². The molecule has 0 fully saturated rings. The van der Waals surface area contributed by atoms with Gasteiger partial charge in [0.1, 0.15) is 13.2 Å². The van der Waals surface area contributed by atoms with E-state index in [1.807, 2.05) is 0 Å². The van der Waals surface area contributed by atoms with Crippen LogP contribution < -0.4 is 0 Å². The van der Waals surface area contributed by atoms with Crippen molar-refractivity contribution < 1.29 is 79.3 Å². The summed E-state index contributed by atoms with van der Waals surface area (Å²) in [7, 11) is -3.38. The Hall–Kier alpha value is -0.770. The van der Waals surface area contributed by atoms with Gasteiger partial charge in [0.2, 0.25) is 0 Å². The summed E-state index contributed by atoms with van der Waals surface area (Å²) in [6.45, 7) is -4.94. The smallest absolute Gasteiger partial charge is 0.327 e. The Kier molecular flexibility index (Phi) is 9.37. The minimum atomic E-state index is -6.74. The third-order valence-corrected chi connectivity index (χ3v) is 4.69. The Morgan fingerprint density at radius 2 is 0.839 bits per heavy atom. The van der Waals surface area contributed by atoms with Gasteiger partial charge in [-0.15, -0.1) is 0 Å². The van der Waals surface area contributed by atoms with E-state index in [0.29, 0.717) is 0 Å². The first kappa shape index (κ1) is 30.2. The van der Waals surface area contributed by atoms with Crippen LogP contribution in [0.2, 0.25) is 0 Å². The SMILES string of the molecule is CCP(OCC(F)(F)C(F)(F)C(F)(F)C(F)F)OCC(F)(F)C(F)(F)C(F)(F)C(F)F. The van der Waals surface area contributed by atoms with Gasteiger partial charge in [-0.1, -0.05) is 6.92 Å². The first-order valence-electron chi connectivity index (χ1n) is 7.39. The highest BCUT2D eigenvalue weighted by Crippen LogP contribution is 2.52. The monoisotopic (exact) mass is 522 g/mol. The van der Waals surface area contributed by atoms with Crippen molar-refractivity contribution in [2.24, 2.45) is 0 Å². The Morgan fingerprint density at radius 3 is 1.03 bits per heavy atom. The number of alkyl halides is 16. The average Bonchev–Trinajstić information content (AvgIpc) is 2.60. The van der Waals surface area contributed by atoms with Gasteiger partial charge in [0, 0.05) is 6.16 Å². The maximum Gasteiger partial charge on any atom is 0.380 e. The summed E-state index contributed by atoms with van der Waals surface area (Å²) < 4.78 is 211. The number of hydrogen-bond acceptors (Lipinski definition) is 2. The third-order valence-electron chi connectivity index (χ3n) is 3.34. The largest absolute Gasteiger partial charge is 0.380 e. The van der Waals surface area contributed by atoms with Gasteiger partial charge in [-0.05, 0) is 0 Å². The summed E-state index contributed by atoms with van der Waals surface area (Å²) in [5, 5.41) is 0. The molecule has 2 nitrogen and oxygen atoms in total. The second kappa shape index (κ2) is 9.61. The molecule has 0 N–H and O–H groups in total. The van der Waals surface area contributed by atoms with Gasteiger partial charge in [0.15, 0.2) is 8.38 Å². The van der Waals surface area contributed by atoms with E-state index in [2.05, 4.69) is 9.05 Å². The molecule has 0 aromatic carbocycles. The summed E-state index contributed by atoms with van der Waals surface area (Å²) in [6.07, 6.45) is -11.4. The van der Waals surface area contributed by atoms with Gasteiger partial charge in [0.25, 0.3) is 0 Å². The second-order valence-electron chi connectivity index (χ2n) is 5.60. The molecule has 0 aromatic heterocycles. The van der Waals surface area contributed by atoms with E-state index in [1.165, 1.54) is 0 Å². The molecule has 19 heteroatoms. The van der Waals surface area contributed by atoms with E-state index in [9.17, 15) is 70.2 Å². The molecule has 0 radical (unpaired) electrons. The molecule has 31 heavy (non-hydrogen) atoms. The molecule has 0 aliphatic carbocycles. The predicted octanol–water partition coefficient (Wildman–Crippen LogP) is 6.69. The van der Waals surface area contributed by atoms with Crippen LogP contribution in [0, 0.1) is 0 Å². The Balaban J connectivity index is 5.32. The van der Waals surface area contributed by atoms with Crippen LogP contribution >= 0.6 is 8.38 Å². The van der Waals surface area contributed by atoms with Gasteiger partial charge in [-0.2, -0.15) is 52.7 Å². The summed E-state index contributed by atoms with van der Waals surface area (Å²) >= 11 is 0. The molecule has 0 bridgehead atoms. The molecule has 0 aromatic rings. The van der Waals surface area contributed by atoms with Gasteiger partial charge >= 0.3 is 48.4 Å². The molecular formula is C12H11F16O2P. The number of halogens is 16. The molecule has 0 rings (SSSR count). The quantitative estimate of drug-likeness (QED) is 0.198. The number of rotatable bonds is 13. The van der Waals surface area contributed by atoms with Crippen molar-refractivity contribution in [1.29, 1.82) is 0 Å². The van der Waals surface area contributed by atoms with Crippen LogP contribution in [0.3, 0.4) is 0 Å². The van der Waals surface area contributed by atoms with Crippen molar-refractivity contribution >= 4 is 8.38 Å². The van der Waals surface area contributed by atoms with Crippen molar-refractivity contribution in [2.45, 2.75) is 55.3 Å². The minimum absolute atomic E-state index is 0.791. The molecule has 0 aliphatic heterocycles. The van der Waals surface area contributed by atoms with Crippen LogP contribution in [0.5, 0.6) is 0 Å². The molecule has 0 unspecified atom stereocenters. The van der Waals surface area contributed by atoms with E-state index in [1.54, 1.807) is 0 Å². The van der Waals surface area contributed by atoms with Crippen molar-refractivity contribution in [3.8, 4) is 0 Å². The maximum absolute atomic E-state index is 13.3. The molecule has 0 aliphatic rings. The summed E-state index contributed by atoms with van der Waals surface area (Å²) in [5.74, 6) is -38.8. The van der Waals surface area contributed by atoms with E-state index in [-0.39, 0.29) is 0 Å². The molecule has 0 atom stereocenters. The zero-order valence-corrected chi connectivity index (χ0v) is 15.5. The van der Waals surface area contributed by atoms with Crippen LogP contribution in [0.25, 0.3) is 0 Å². The summed E-state index contributed by atoms with van der Waals surface area (Å²) in [5.41, 5.74) is 0. The Bertz CT molecular complexity index is 533. The molecule has 0 saturated heterocycles. The van der Waals surface area contributed by atoms with Crippen molar-refractivity contribution in [3.63, 3.8) is 0 Å². The molecule has 0 amide bonds. The molecule has 0 spiro atoms. The fraction of sp³-hybridized carbons (Fsp3) is 1.00. The van der Waals surface area contributed by atoms with Gasteiger partial charge < -0.3 is 9.05 Å². The van der Waals surface area contributed by atoms with Gasteiger partial charge in [0.05, 0.1) is 0 Å². The standard InChI is InChI=1S/C12H11F16O2P/c1-2-31(29-3-7(17,18)11(25,26)9(21,22)5(13)14)30-4-8(19,20)12(27,28)10(23,24)6(15)16/h5-6H,2-4H2,1H3. The fourth-order valence-corrected chi connectivity index (χ4v) is 2.52. The number of hydrogen-bond donors (Lipinski definition) is 0. The highest BCUT2D eigenvalue weighted by Gasteiger charge is 2.76. The average molecular weight is 522 g/mol. The van der Waals surface area contributed by atoms with Crippen LogP contribution in [0.1, 0.15) is 6.92 Å². The lowest BCUT2D eigenvalue weighted by Gasteiger charge is -2.34. The van der Waals surface area contributed by atoms with E-state index >= 15 is 0 Å². The highest BCUT2D eigenvalue weighted by molar-refractivity contribution is 7.47. The Labute approximate surface area is 163 Å². The van der Waals surface area contributed by atoms with Crippen molar-refractivity contribution in [2.75, 3.05) is 19.4 Å². The molecule has 0 saturated carbocycles. The third kappa shape index (κ3) is 5.78. The zero-order valence-electron chi connectivity index (χ0n) is 14.6. The van der Waals surface area contributed by atoms with Crippen LogP contribution in [0.15, 0.2) is 0 Å². The van der Waals surface area contributed by atoms with E-state index in [4.69, 9.17) is 0 Å². The van der Waals surface area contributed by atoms with Gasteiger partial charge in [-0.3, -0.25) is 0 Å². The zero-order chi connectivity index (χ0) is 25.3. The molecule has 188 valence electrons. The molecular weight excluding hydrogens is 511 g/mol. The lowest BCUT2D eigenvalue weighted by atomic mass is 10.1. The van der Waals surface area contributed by atoms with Gasteiger partial charge in [-0.25, -0.2) is 17.6 Å². The lowest BCUT2D eigenvalue weighted by Crippen LogP contribution is -2.59. The van der Waals surface area contributed by atoms with Crippen LogP contribution in [0.4, 0.5) is 70.2 Å². The van der Waals surface area contributed by atoms with Crippen LogP contribution in [-0.4, -0.2) is 67.8 Å². The normalized spacial score (nSPS) is 15.5. The van der Waals surface area contributed by atoms with E-state index < -0.39 is 76.1 Å². The summed E-state index contributed by atoms with van der Waals surface area (Å²) in [4.78, 5) is 0. The first-order chi connectivity index (χ1) is 13.5.